The van der Waals surface area contributed by atoms with E-state index >= 15 is 0 Å². The van der Waals surface area contributed by atoms with Gasteiger partial charge in [-0.2, -0.15) is 0 Å². The van der Waals surface area contributed by atoms with Crippen LogP contribution in [-0.2, 0) is 6.54 Å². The molecule has 0 spiro atoms. The summed E-state index contributed by atoms with van der Waals surface area (Å²) in [6.07, 6.45) is 1.39. The molecule has 19 heavy (non-hydrogen) atoms. The van der Waals surface area contributed by atoms with Gasteiger partial charge in [0.1, 0.15) is 0 Å². The molecule has 0 aliphatic carbocycles. The molecule has 0 aliphatic rings. The summed E-state index contributed by atoms with van der Waals surface area (Å²) >= 11 is 0. The van der Waals surface area contributed by atoms with Crippen LogP contribution in [0.3, 0.4) is 0 Å². The predicted molar refractivity (Wildman–Crippen MR) is 76.8 cm³/mol. The van der Waals surface area contributed by atoms with Crippen LogP contribution in [0.4, 0.5) is 0 Å². The van der Waals surface area contributed by atoms with Crippen LogP contribution < -0.4 is 14.8 Å². The molecule has 0 aliphatic heterocycles. The van der Waals surface area contributed by atoms with Gasteiger partial charge in [-0.15, -0.1) is 0 Å². The monoisotopic (exact) mass is 267 g/mol. The third kappa shape index (κ3) is 5.94. The summed E-state index contributed by atoms with van der Waals surface area (Å²) in [5.41, 5.74) is 1.17. The quantitative estimate of drug-likeness (QED) is 0.674. The number of hydrogen-bond donors (Lipinski definition) is 2. The van der Waals surface area contributed by atoms with Crippen LogP contribution in [0.15, 0.2) is 18.2 Å². The normalized spacial score (nSPS) is 12.2. The lowest BCUT2D eigenvalue weighted by Crippen LogP contribution is -2.14. The topological polar surface area (TPSA) is 50.7 Å². The van der Waals surface area contributed by atoms with Crippen LogP contribution in [0.25, 0.3) is 0 Å². The Labute approximate surface area is 115 Å². The van der Waals surface area contributed by atoms with Crippen LogP contribution in [-0.4, -0.2) is 31.5 Å². The zero-order valence-corrected chi connectivity index (χ0v) is 12.1. The first-order chi connectivity index (χ1) is 9.17. The second-order valence-corrected chi connectivity index (χ2v) is 4.65. The number of aliphatic hydroxyl groups is 1. The van der Waals surface area contributed by atoms with E-state index in [0.29, 0.717) is 13.0 Å². The van der Waals surface area contributed by atoms with Crippen molar-refractivity contribution >= 4 is 0 Å². The molecule has 4 heteroatoms. The van der Waals surface area contributed by atoms with Gasteiger partial charge in [-0.05, 0) is 37.6 Å². The van der Waals surface area contributed by atoms with Gasteiger partial charge < -0.3 is 19.9 Å². The number of aliphatic hydroxyl groups excluding tert-OH is 1. The Morgan fingerprint density at radius 3 is 2.74 bits per heavy atom. The molecule has 0 radical (unpaired) electrons. The maximum absolute atomic E-state index is 9.20. The number of ether oxygens (including phenoxy) is 2. The largest absolute Gasteiger partial charge is 0.493 e. The van der Waals surface area contributed by atoms with Crippen molar-refractivity contribution in [3.63, 3.8) is 0 Å². The number of methoxy groups -OCH3 is 1. The van der Waals surface area contributed by atoms with E-state index in [4.69, 9.17) is 9.47 Å². The Kier molecular flexibility index (Phi) is 7.30. The SMILES string of the molecule is CCCNCc1ccc(OCCC(C)O)c(OC)c1. The fourth-order valence-corrected chi connectivity index (χ4v) is 1.69. The molecule has 108 valence electrons. The number of nitrogens with one attached hydrogen (secondary N) is 1. The summed E-state index contributed by atoms with van der Waals surface area (Å²) in [5.74, 6) is 1.46. The highest BCUT2D eigenvalue weighted by Gasteiger charge is 2.06. The van der Waals surface area contributed by atoms with Gasteiger partial charge >= 0.3 is 0 Å². The Bertz CT molecular complexity index is 366. The fourth-order valence-electron chi connectivity index (χ4n) is 1.69. The summed E-state index contributed by atoms with van der Waals surface area (Å²) in [4.78, 5) is 0. The van der Waals surface area contributed by atoms with Crippen LogP contribution in [0.5, 0.6) is 11.5 Å². The highest BCUT2D eigenvalue weighted by molar-refractivity contribution is 5.42. The van der Waals surface area contributed by atoms with Crippen molar-refractivity contribution in [2.75, 3.05) is 20.3 Å². The summed E-state index contributed by atoms with van der Waals surface area (Å²) < 4.78 is 10.9. The summed E-state index contributed by atoms with van der Waals surface area (Å²) in [6.45, 7) is 6.23. The van der Waals surface area contributed by atoms with Gasteiger partial charge in [-0.25, -0.2) is 0 Å². The summed E-state index contributed by atoms with van der Waals surface area (Å²) in [6, 6.07) is 5.94. The summed E-state index contributed by atoms with van der Waals surface area (Å²) in [5, 5.41) is 12.6. The average Bonchev–Trinajstić information content (AvgIpc) is 2.40. The molecule has 0 saturated heterocycles. The molecule has 1 aromatic carbocycles. The van der Waals surface area contributed by atoms with E-state index in [1.165, 1.54) is 5.56 Å². The van der Waals surface area contributed by atoms with Crippen molar-refractivity contribution in [2.45, 2.75) is 39.3 Å². The van der Waals surface area contributed by atoms with Gasteiger partial charge in [-0.1, -0.05) is 13.0 Å². The third-order valence-electron chi connectivity index (χ3n) is 2.78. The van der Waals surface area contributed by atoms with Crippen molar-refractivity contribution in [1.29, 1.82) is 0 Å². The zero-order chi connectivity index (χ0) is 14.1. The van der Waals surface area contributed by atoms with E-state index in [0.717, 1.165) is 31.0 Å². The summed E-state index contributed by atoms with van der Waals surface area (Å²) in [7, 11) is 1.64. The van der Waals surface area contributed by atoms with Gasteiger partial charge in [0.05, 0.1) is 19.8 Å². The second-order valence-electron chi connectivity index (χ2n) is 4.65. The Morgan fingerprint density at radius 1 is 1.32 bits per heavy atom. The predicted octanol–water partition coefficient (Wildman–Crippen LogP) is 2.34. The van der Waals surface area contributed by atoms with Gasteiger partial charge in [0.25, 0.3) is 0 Å². The van der Waals surface area contributed by atoms with E-state index in [1.54, 1.807) is 14.0 Å². The first-order valence-corrected chi connectivity index (χ1v) is 6.85. The molecule has 0 saturated carbocycles. The molecule has 4 nitrogen and oxygen atoms in total. The maximum atomic E-state index is 9.20. The number of benzene rings is 1. The minimum Gasteiger partial charge on any atom is -0.493 e. The molecular weight excluding hydrogens is 242 g/mol. The molecule has 1 aromatic rings. The fraction of sp³-hybridized carbons (Fsp3) is 0.600. The van der Waals surface area contributed by atoms with Crippen molar-refractivity contribution in [1.82, 2.24) is 5.32 Å². The molecule has 0 aromatic heterocycles. The Morgan fingerprint density at radius 2 is 2.11 bits per heavy atom. The lowest BCUT2D eigenvalue weighted by atomic mass is 10.2. The van der Waals surface area contributed by atoms with Gasteiger partial charge in [0, 0.05) is 13.0 Å². The van der Waals surface area contributed by atoms with E-state index < -0.39 is 0 Å². The smallest absolute Gasteiger partial charge is 0.161 e. The molecule has 0 fully saturated rings. The van der Waals surface area contributed by atoms with E-state index in [9.17, 15) is 5.11 Å². The van der Waals surface area contributed by atoms with Gasteiger partial charge in [0.2, 0.25) is 0 Å². The molecule has 2 N–H and O–H groups in total. The molecule has 1 unspecified atom stereocenters. The molecule has 0 heterocycles. The number of rotatable bonds is 9. The maximum Gasteiger partial charge on any atom is 0.161 e. The first-order valence-electron chi connectivity index (χ1n) is 6.85. The molecule has 0 amide bonds. The minimum atomic E-state index is -0.344. The van der Waals surface area contributed by atoms with Crippen molar-refractivity contribution in [3.05, 3.63) is 23.8 Å². The second kappa shape index (κ2) is 8.77. The van der Waals surface area contributed by atoms with Crippen LogP contribution >= 0.6 is 0 Å². The highest BCUT2D eigenvalue weighted by Crippen LogP contribution is 2.28. The molecule has 1 rings (SSSR count). The lowest BCUT2D eigenvalue weighted by molar-refractivity contribution is 0.154. The lowest BCUT2D eigenvalue weighted by Gasteiger charge is -2.13. The Hall–Kier alpha value is -1.26. The minimum absolute atomic E-state index is 0.344. The average molecular weight is 267 g/mol. The van der Waals surface area contributed by atoms with Crippen molar-refractivity contribution in [3.8, 4) is 11.5 Å². The molecular formula is C15H25NO3. The Balaban J connectivity index is 2.57. The van der Waals surface area contributed by atoms with Crippen LogP contribution in [0, 0.1) is 0 Å². The third-order valence-corrected chi connectivity index (χ3v) is 2.78. The standard InChI is InChI=1S/C15H25NO3/c1-4-8-16-11-13-5-6-14(15(10-13)18-3)19-9-7-12(2)17/h5-6,10,12,16-17H,4,7-9,11H2,1-3H3. The van der Waals surface area contributed by atoms with Crippen molar-refractivity contribution in [2.24, 2.45) is 0 Å². The van der Waals surface area contributed by atoms with Gasteiger partial charge in [-0.3, -0.25) is 0 Å². The van der Waals surface area contributed by atoms with Gasteiger partial charge in [0.15, 0.2) is 11.5 Å². The van der Waals surface area contributed by atoms with Crippen LogP contribution in [0.1, 0.15) is 32.3 Å². The van der Waals surface area contributed by atoms with E-state index in [1.807, 2.05) is 18.2 Å². The number of hydrogen-bond acceptors (Lipinski definition) is 4. The first kappa shape index (κ1) is 15.8. The van der Waals surface area contributed by atoms with E-state index in [-0.39, 0.29) is 6.10 Å². The molecule has 0 bridgehead atoms. The molecule has 1 atom stereocenters. The van der Waals surface area contributed by atoms with Crippen LogP contribution in [0.2, 0.25) is 0 Å². The zero-order valence-electron chi connectivity index (χ0n) is 12.1. The van der Waals surface area contributed by atoms with Crippen molar-refractivity contribution < 1.29 is 14.6 Å². The highest BCUT2D eigenvalue weighted by atomic mass is 16.5. The van der Waals surface area contributed by atoms with E-state index in [2.05, 4.69) is 12.2 Å².